The average molecular weight is 509 g/mol. The first-order valence-electron chi connectivity index (χ1n) is 11.9. The highest BCUT2D eigenvalue weighted by Crippen LogP contribution is 2.32. The van der Waals surface area contributed by atoms with Crippen molar-refractivity contribution in [2.45, 2.75) is 86.2 Å². The zero-order valence-electron chi connectivity index (χ0n) is 19.1. The Bertz CT molecular complexity index is 1060. The number of ether oxygens (including phenoxy) is 1. The smallest absolute Gasteiger partial charge is 0.259 e. The van der Waals surface area contributed by atoms with Crippen molar-refractivity contribution in [1.29, 1.82) is 0 Å². The monoisotopic (exact) mass is 508 g/mol. The van der Waals surface area contributed by atoms with Crippen molar-refractivity contribution in [2.75, 3.05) is 11.9 Å². The van der Waals surface area contributed by atoms with Gasteiger partial charge in [0.25, 0.3) is 5.91 Å². The van der Waals surface area contributed by atoms with Crippen LogP contribution in [0, 0.1) is 0 Å². The molecule has 2 aliphatic carbocycles. The second kappa shape index (κ2) is 11.3. The summed E-state index contributed by atoms with van der Waals surface area (Å²) in [5, 5.41) is 23.2. The highest BCUT2D eigenvalue weighted by Gasteiger charge is 2.31. The first-order valence-corrected chi connectivity index (χ1v) is 14.4. The van der Waals surface area contributed by atoms with E-state index in [4.69, 9.17) is 9.84 Å². The molecule has 2 saturated carbocycles. The number of aromatic nitrogens is 1. The van der Waals surface area contributed by atoms with Crippen LogP contribution in [0.4, 0.5) is 5.13 Å². The molecule has 8 nitrogen and oxygen atoms in total. The Hall–Kier alpha value is -1.85. The average Bonchev–Trinajstić information content (AvgIpc) is 3.56. The second-order valence-electron chi connectivity index (χ2n) is 9.06. The Balaban J connectivity index is 1.54. The van der Waals surface area contributed by atoms with E-state index in [-0.39, 0.29) is 21.9 Å². The molecule has 4 rings (SSSR count). The van der Waals surface area contributed by atoms with Crippen LogP contribution in [-0.4, -0.2) is 47.5 Å². The van der Waals surface area contributed by atoms with Gasteiger partial charge in [-0.05, 0) is 43.4 Å². The molecule has 186 valence electrons. The Kier molecular flexibility index (Phi) is 8.36. The molecule has 1 heterocycles. The number of thiazole rings is 1. The minimum absolute atomic E-state index is 0.0468. The number of nitrogens with zero attached hydrogens (tertiary/aromatic N) is 1. The molecule has 2 aromatic rings. The Morgan fingerprint density at radius 2 is 1.74 bits per heavy atom. The normalized spacial score (nSPS) is 19.7. The standard InChI is InChI=1S/C24H32N2O6S2/c27-14-21(28)20-15-33-24(25-20)26-23(29)22(32-17-6-2-1-3-7-17)16-10-12-19(13-11-16)34(30,31)18-8-4-5-9-18/h10-13,15,17-18,21-22,27-28H,1-9,14H2,(H,25,26,29). The van der Waals surface area contributed by atoms with Crippen LogP contribution in [0.15, 0.2) is 34.5 Å². The van der Waals surface area contributed by atoms with Gasteiger partial charge in [0.1, 0.15) is 6.10 Å². The zero-order valence-corrected chi connectivity index (χ0v) is 20.7. The lowest BCUT2D eigenvalue weighted by atomic mass is 9.97. The van der Waals surface area contributed by atoms with Crippen LogP contribution in [-0.2, 0) is 19.4 Å². The summed E-state index contributed by atoms with van der Waals surface area (Å²) < 4.78 is 32.1. The van der Waals surface area contributed by atoms with Gasteiger partial charge in [-0.1, -0.05) is 44.2 Å². The predicted molar refractivity (Wildman–Crippen MR) is 129 cm³/mol. The van der Waals surface area contributed by atoms with Gasteiger partial charge in [-0.2, -0.15) is 0 Å². The summed E-state index contributed by atoms with van der Waals surface area (Å²) in [6, 6.07) is 6.48. The van der Waals surface area contributed by atoms with Crippen molar-refractivity contribution in [2.24, 2.45) is 0 Å². The number of nitrogens with one attached hydrogen (secondary N) is 1. The van der Waals surface area contributed by atoms with E-state index in [0.29, 0.717) is 23.5 Å². The highest BCUT2D eigenvalue weighted by atomic mass is 32.2. The Morgan fingerprint density at radius 1 is 1.09 bits per heavy atom. The van der Waals surface area contributed by atoms with Crippen molar-refractivity contribution in [3.05, 3.63) is 40.9 Å². The second-order valence-corrected chi connectivity index (χ2v) is 12.1. The van der Waals surface area contributed by atoms with E-state index in [1.165, 1.54) is 0 Å². The SMILES string of the molecule is O=C(Nc1nc(C(O)CO)cs1)C(OC1CCCCC1)c1ccc(S(=O)(=O)C2CCCC2)cc1. The molecular weight excluding hydrogens is 476 g/mol. The van der Waals surface area contributed by atoms with Crippen molar-refractivity contribution >= 4 is 32.2 Å². The molecule has 0 aliphatic heterocycles. The summed E-state index contributed by atoms with van der Waals surface area (Å²) >= 11 is 1.15. The summed E-state index contributed by atoms with van der Waals surface area (Å²) in [5.74, 6) is -0.406. The predicted octanol–water partition coefficient (Wildman–Crippen LogP) is 3.91. The molecule has 10 heteroatoms. The van der Waals surface area contributed by atoms with Crippen LogP contribution >= 0.6 is 11.3 Å². The topological polar surface area (TPSA) is 126 Å². The van der Waals surface area contributed by atoms with Crippen molar-refractivity contribution in [1.82, 2.24) is 4.98 Å². The summed E-state index contributed by atoms with van der Waals surface area (Å²) in [7, 11) is -3.38. The lowest BCUT2D eigenvalue weighted by Crippen LogP contribution is -2.29. The largest absolute Gasteiger partial charge is 0.393 e. The van der Waals surface area contributed by atoms with Crippen LogP contribution in [0.5, 0.6) is 0 Å². The molecule has 0 bridgehead atoms. The molecule has 0 saturated heterocycles. The van der Waals surface area contributed by atoms with E-state index in [1.807, 2.05) is 0 Å². The zero-order chi connectivity index (χ0) is 24.1. The molecule has 1 amide bonds. The van der Waals surface area contributed by atoms with E-state index >= 15 is 0 Å². The number of aliphatic hydroxyl groups excluding tert-OH is 2. The maximum atomic E-state index is 13.2. The van der Waals surface area contributed by atoms with Gasteiger partial charge < -0.3 is 14.9 Å². The van der Waals surface area contributed by atoms with E-state index in [0.717, 1.165) is 56.3 Å². The number of carbonyl (C=O) groups is 1. The number of hydrogen-bond acceptors (Lipinski definition) is 8. The molecule has 3 N–H and O–H groups in total. The molecule has 0 radical (unpaired) electrons. The molecule has 34 heavy (non-hydrogen) atoms. The lowest BCUT2D eigenvalue weighted by Gasteiger charge is -2.27. The van der Waals surface area contributed by atoms with Gasteiger partial charge in [0.15, 0.2) is 21.1 Å². The first kappa shape index (κ1) is 25.2. The summed E-state index contributed by atoms with van der Waals surface area (Å²) in [6.45, 7) is -0.458. The van der Waals surface area contributed by atoms with Crippen molar-refractivity contribution in [3.8, 4) is 0 Å². The molecule has 2 unspecified atom stereocenters. The third-order valence-electron chi connectivity index (χ3n) is 6.64. The highest BCUT2D eigenvalue weighted by molar-refractivity contribution is 7.92. The van der Waals surface area contributed by atoms with Gasteiger partial charge in [0, 0.05) is 5.38 Å². The maximum absolute atomic E-state index is 13.2. The Morgan fingerprint density at radius 3 is 2.38 bits per heavy atom. The summed E-state index contributed by atoms with van der Waals surface area (Å²) in [4.78, 5) is 17.7. The van der Waals surface area contributed by atoms with Gasteiger partial charge in [-0.15, -0.1) is 11.3 Å². The van der Waals surface area contributed by atoms with E-state index < -0.39 is 34.6 Å². The quantitative estimate of drug-likeness (QED) is 0.469. The molecule has 1 aromatic heterocycles. The number of anilines is 1. The van der Waals surface area contributed by atoms with Crippen LogP contribution in [0.1, 0.15) is 81.3 Å². The number of rotatable bonds is 9. The van der Waals surface area contributed by atoms with E-state index in [9.17, 15) is 18.3 Å². The molecule has 1 aromatic carbocycles. The fourth-order valence-electron chi connectivity index (χ4n) is 4.67. The van der Waals surface area contributed by atoms with Crippen molar-refractivity contribution < 1.29 is 28.2 Å². The van der Waals surface area contributed by atoms with Gasteiger partial charge >= 0.3 is 0 Å². The summed E-state index contributed by atoms with van der Waals surface area (Å²) in [6.07, 6.45) is 6.20. The fraction of sp³-hybridized carbons (Fsp3) is 0.583. The third-order valence-corrected chi connectivity index (χ3v) is 9.69. The maximum Gasteiger partial charge on any atom is 0.259 e. The van der Waals surface area contributed by atoms with Crippen LogP contribution < -0.4 is 5.32 Å². The number of aliphatic hydroxyl groups is 2. The van der Waals surface area contributed by atoms with Gasteiger partial charge in [-0.3, -0.25) is 10.1 Å². The number of amides is 1. The number of hydrogen-bond donors (Lipinski definition) is 3. The van der Waals surface area contributed by atoms with E-state index in [2.05, 4.69) is 10.3 Å². The van der Waals surface area contributed by atoms with Gasteiger partial charge in [0.05, 0.1) is 28.6 Å². The van der Waals surface area contributed by atoms with Crippen molar-refractivity contribution in [3.63, 3.8) is 0 Å². The lowest BCUT2D eigenvalue weighted by molar-refractivity contribution is -0.133. The Labute approximate surface area is 204 Å². The molecule has 0 spiro atoms. The van der Waals surface area contributed by atoms with Gasteiger partial charge in [-0.25, -0.2) is 13.4 Å². The minimum atomic E-state index is -3.38. The van der Waals surface area contributed by atoms with Crippen LogP contribution in [0.3, 0.4) is 0 Å². The summed E-state index contributed by atoms with van der Waals surface area (Å²) in [5.41, 5.74) is 0.870. The number of sulfone groups is 1. The molecule has 2 atom stereocenters. The van der Waals surface area contributed by atoms with Crippen LogP contribution in [0.2, 0.25) is 0 Å². The van der Waals surface area contributed by atoms with Gasteiger partial charge in [0.2, 0.25) is 0 Å². The molecule has 2 fully saturated rings. The third kappa shape index (κ3) is 5.85. The number of carbonyl (C=O) groups excluding carboxylic acids is 1. The molecular formula is C24H32N2O6S2. The van der Waals surface area contributed by atoms with Crippen LogP contribution in [0.25, 0.3) is 0 Å². The minimum Gasteiger partial charge on any atom is -0.393 e. The number of benzene rings is 1. The fourth-order valence-corrected chi connectivity index (χ4v) is 7.28. The van der Waals surface area contributed by atoms with E-state index in [1.54, 1.807) is 29.6 Å². The molecule has 2 aliphatic rings. The first-order chi connectivity index (χ1) is 16.4.